The van der Waals surface area contributed by atoms with Gasteiger partial charge in [0.2, 0.25) is 5.91 Å². The number of aromatic nitrogens is 2. The van der Waals surface area contributed by atoms with Crippen LogP contribution in [0.1, 0.15) is 45.9 Å². The first-order valence-electron chi connectivity index (χ1n) is 10.8. The van der Waals surface area contributed by atoms with Crippen LogP contribution >= 0.6 is 11.8 Å². The standard InChI is InChI=1S/C23H35N5OS/c1-6-16-28(19-13-10-9-11-14-19)17-12-15-20(29)26-21-22(27(7-2)8-3)24-18(4)25-23(21)30-5/h9-11,13-14H,6-8,12,15-17H2,1-5H3,(H,26,29). The monoisotopic (exact) mass is 429 g/mol. The van der Waals surface area contributed by atoms with E-state index >= 15 is 0 Å². The van der Waals surface area contributed by atoms with Crippen LogP contribution in [0.5, 0.6) is 0 Å². The summed E-state index contributed by atoms with van der Waals surface area (Å²) in [4.78, 5) is 26.4. The molecule has 0 saturated heterocycles. The Morgan fingerprint density at radius 2 is 1.73 bits per heavy atom. The molecule has 0 saturated carbocycles. The first-order chi connectivity index (χ1) is 14.5. The van der Waals surface area contributed by atoms with Gasteiger partial charge >= 0.3 is 0 Å². The van der Waals surface area contributed by atoms with E-state index in [1.807, 2.05) is 19.2 Å². The van der Waals surface area contributed by atoms with Crippen LogP contribution in [0.15, 0.2) is 35.4 Å². The van der Waals surface area contributed by atoms with Crippen LogP contribution < -0.4 is 15.1 Å². The van der Waals surface area contributed by atoms with Crippen molar-refractivity contribution in [3.63, 3.8) is 0 Å². The zero-order valence-corrected chi connectivity index (χ0v) is 19.8. The van der Waals surface area contributed by atoms with Gasteiger partial charge in [0.15, 0.2) is 5.82 Å². The molecule has 0 unspecified atom stereocenters. The van der Waals surface area contributed by atoms with Gasteiger partial charge in [0, 0.05) is 38.3 Å². The van der Waals surface area contributed by atoms with Crippen molar-refractivity contribution in [1.29, 1.82) is 0 Å². The Morgan fingerprint density at radius 1 is 1.03 bits per heavy atom. The molecule has 0 aliphatic carbocycles. The average molecular weight is 430 g/mol. The summed E-state index contributed by atoms with van der Waals surface area (Å²) in [6.07, 6.45) is 4.31. The maximum Gasteiger partial charge on any atom is 0.224 e. The number of hydrogen-bond acceptors (Lipinski definition) is 6. The van der Waals surface area contributed by atoms with Gasteiger partial charge in [-0.25, -0.2) is 9.97 Å². The maximum absolute atomic E-state index is 12.8. The van der Waals surface area contributed by atoms with Gasteiger partial charge in [0.25, 0.3) is 0 Å². The van der Waals surface area contributed by atoms with Crippen LogP contribution in [-0.2, 0) is 4.79 Å². The highest BCUT2D eigenvalue weighted by Crippen LogP contribution is 2.32. The number of benzene rings is 1. The summed E-state index contributed by atoms with van der Waals surface area (Å²) in [7, 11) is 0. The smallest absolute Gasteiger partial charge is 0.224 e. The molecule has 0 aliphatic rings. The first-order valence-corrected chi connectivity index (χ1v) is 12.0. The fraction of sp³-hybridized carbons (Fsp3) is 0.522. The number of amides is 1. The third-order valence-corrected chi connectivity index (χ3v) is 5.62. The molecule has 1 heterocycles. The number of aryl methyl sites for hydroxylation is 1. The molecule has 7 heteroatoms. The van der Waals surface area contributed by atoms with E-state index in [4.69, 9.17) is 0 Å². The minimum Gasteiger partial charge on any atom is -0.372 e. The Labute approximate surface area is 185 Å². The highest BCUT2D eigenvalue weighted by Gasteiger charge is 2.19. The van der Waals surface area contributed by atoms with E-state index in [2.05, 4.69) is 70.1 Å². The molecule has 1 aromatic carbocycles. The molecule has 164 valence electrons. The SMILES string of the molecule is CCCN(CCCC(=O)Nc1c(SC)nc(C)nc1N(CC)CC)c1ccccc1. The quantitative estimate of drug-likeness (QED) is 0.379. The lowest BCUT2D eigenvalue weighted by Crippen LogP contribution is -2.27. The van der Waals surface area contributed by atoms with Crippen molar-refractivity contribution < 1.29 is 4.79 Å². The molecular formula is C23H35N5OS. The first kappa shape index (κ1) is 24.0. The van der Waals surface area contributed by atoms with Crippen molar-refractivity contribution >= 4 is 34.9 Å². The number of hydrogen-bond donors (Lipinski definition) is 1. The second-order valence-electron chi connectivity index (χ2n) is 7.13. The van der Waals surface area contributed by atoms with Crippen LogP contribution in [0.25, 0.3) is 0 Å². The second kappa shape index (κ2) is 12.4. The minimum atomic E-state index is 0.00988. The van der Waals surface area contributed by atoms with E-state index in [0.717, 1.165) is 61.4 Å². The number of para-hydroxylation sites is 1. The Morgan fingerprint density at radius 3 is 2.33 bits per heavy atom. The summed E-state index contributed by atoms with van der Waals surface area (Å²) in [5.74, 6) is 1.54. The fourth-order valence-corrected chi connectivity index (χ4v) is 4.02. The van der Waals surface area contributed by atoms with Crippen LogP contribution in [-0.4, -0.2) is 48.3 Å². The number of anilines is 3. The Balaban J connectivity index is 2.07. The van der Waals surface area contributed by atoms with Gasteiger partial charge in [-0.2, -0.15) is 0 Å². The summed E-state index contributed by atoms with van der Waals surface area (Å²) >= 11 is 1.54. The van der Waals surface area contributed by atoms with Gasteiger partial charge in [0.05, 0.1) is 0 Å². The molecule has 1 N–H and O–H groups in total. The largest absolute Gasteiger partial charge is 0.372 e. The molecule has 30 heavy (non-hydrogen) atoms. The molecular weight excluding hydrogens is 394 g/mol. The topological polar surface area (TPSA) is 61.4 Å². The summed E-state index contributed by atoms with van der Waals surface area (Å²) in [5.41, 5.74) is 1.94. The molecule has 2 aromatic rings. The highest BCUT2D eigenvalue weighted by molar-refractivity contribution is 7.98. The van der Waals surface area contributed by atoms with Gasteiger partial charge in [-0.05, 0) is 52.0 Å². The number of nitrogens with one attached hydrogen (secondary N) is 1. The second-order valence-corrected chi connectivity index (χ2v) is 7.92. The molecule has 0 radical (unpaired) electrons. The van der Waals surface area contributed by atoms with Crippen molar-refractivity contribution in [3.05, 3.63) is 36.2 Å². The van der Waals surface area contributed by atoms with Crippen molar-refractivity contribution in [2.24, 2.45) is 0 Å². The zero-order valence-electron chi connectivity index (χ0n) is 18.9. The van der Waals surface area contributed by atoms with Crippen LogP contribution in [0, 0.1) is 6.92 Å². The molecule has 0 aliphatic heterocycles. The van der Waals surface area contributed by atoms with E-state index in [9.17, 15) is 4.79 Å². The van der Waals surface area contributed by atoms with Crippen molar-refractivity contribution in [3.8, 4) is 0 Å². The molecule has 0 spiro atoms. The Bertz CT molecular complexity index is 796. The van der Waals surface area contributed by atoms with E-state index < -0.39 is 0 Å². The third kappa shape index (κ3) is 6.62. The lowest BCUT2D eigenvalue weighted by Gasteiger charge is -2.25. The summed E-state index contributed by atoms with van der Waals surface area (Å²) in [6, 6.07) is 10.4. The van der Waals surface area contributed by atoms with Crippen molar-refractivity contribution in [2.45, 2.75) is 52.0 Å². The van der Waals surface area contributed by atoms with E-state index in [-0.39, 0.29) is 5.91 Å². The third-order valence-electron chi connectivity index (χ3n) is 4.94. The van der Waals surface area contributed by atoms with Crippen LogP contribution in [0.4, 0.5) is 17.2 Å². The summed E-state index contributed by atoms with van der Waals surface area (Å²) < 4.78 is 0. The summed E-state index contributed by atoms with van der Waals surface area (Å²) in [5, 5.41) is 3.92. The number of carbonyl (C=O) groups is 1. The Hall–Kier alpha value is -2.28. The predicted molar refractivity (Wildman–Crippen MR) is 129 cm³/mol. The predicted octanol–water partition coefficient (Wildman–Crippen LogP) is 4.99. The van der Waals surface area contributed by atoms with E-state index in [1.165, 1.54) is 17.4 Å². The van der Waals surface area contributed by atoms with Gasteiger partial charge in [0.1, 0.15) is 16.5 Å². The van der Waals surface area contributed by atoms with Crippen molar-refractivity contribution in [1.82, 2.24) is 9.97 Å². The highest BCUT2D eigenvalue weighted by atomic mass is 32.2. The normalized spacial score (nSPS) is 10.7. The lowest BCUT2D eigenvalue weighted by atomic mass is 10.2. The number of rotatable bonds is 12. The zero-order chi connectivity index (χ0) is 21.9. The lowest BCUT2D eigenvalue weighted by molar-refractivity contribution is -0.116. The molecule has 0 atom stereocenters. The fourth-order valence-electron chi connectivity index (χ4n) is 3.45. The van der Waals surface area contributed by atoms with Gasteiger partial charge < -0.3 is 15.1 Å². The molecule has 6 nitrogen and oxygen atoms in total. The van der Waals surface area contributed by atoms with Crippen molar-refractivity contribution in [2.75, 3.05) is 47.6 Å². The average Bonchev–Trinajstić information content (AvgIpc) is 2.76. The molecule has 0 bridgehead atoms. The van der Waals surface area contributed by atoms with Crippen LogP contribution in [0.2, 0.25) is 0 Å². The van der Waals surface area contributed by atoms with E-state index in [1.54, 1.807) is 0 Å². The molecule has 1 amide bonds. The Kier molecular flexibility index (Phi) is 9.94. The van der Waals surface area contributed by atoms with Gasteiger partial charge in [-0.1, -0.05) is 25.1 Å². The van der Waals surface area contributed by atoms with Gasteiger partial charge in [-0.3, -0.25) is 4.79 Å². The molecule has 1 aromatic heterocycles. The van der Waals surface area contributed by atoms with Gasteiger partial charge in [-0.15, -0.1) is 11.8 Å². The molecule has 2 rings (SSSR count). The maximum atomic E-state index is 12.8. The minimum absolute atomic E-state index is 0.00988. The number of nitrogens with zero attached hydrogens (tertiary/aromatic N) is 4. The number of carbonyl (C=O) groups excluding carboxylic acids is 1. The molecule has 0 fully saturated rings. The van der Waals surface area contributed by atoms with E-state index in [0.29, 0.717) is 6.42 Å². The van der Waals surface area contributed by atoms with Crippen LogP contribution in [0.3, 0.4) is 0 Å². The summed E-state index contributed by atoms with van der Waals surface area (Å²) in [6.45, 7) is 11.8. The number of thioether (sulfide) groups is 1.